The summed E-state index contributed by atoms with van der Waals surface area (Å²) in [7, 11) is 0. The summed E-state index contributed by atoms with van der Waals surface area (Å²) in [5.74, 6) is -2.73. The molecule has 2 aromatic rings. The molecule has 2 aliphatic heterocycles. The summed E-state index contributed by atoms with van der Waals surface area (Å²) < 4.78 is 5.92. The summed E-state index contributed by atoms with van der Waals surface area (Å²) in [6.45, 7) is 1.80. The number of hydrogen-bond acceptors (Lipinski definition) is 6. The van der Waals surface area contributed by atoms with E-state index in [9.17, 15) is 14.4 Å². The fourth-order valence-corrected chi connectivity index (χ4v) is 3.83. The standard InChI is InChI=1S/C20H15BrClN3O4/c1-2-29-20(28)16-15-17(25(23-16)14-7-3-11(21)4-8-14)19(27)24(18(15)26)13-9-5-12(22)6-10-13/h3-10,15,17H,2H2,1H3/t15-,17+/m0/s1. The molecule has 0 bridgehead atoms. The average molecular weight is 477 g/mol. The fraction of sp³-hybridized carbons (Fsp3) is 0.200. The predicted octanol–water partition coefficient (Wildman–Crippen LogP) is 3.40. The Morgan fingerprint density at radius 3 is 2.31 bits per heavy atom. The van der Waals surface area contributed by atoms with Gasteiger partial charge in [-0.3, -0.25) is 14.6 Å². The van der Waals surface area contributed by atoms with Gasteiger partial charge in [0.15, 0.2) is 5.71 Å². The van der Waals surface area contributed by atoms with E-state index in [4.69, 9.17) is 16.3 Å². The Morgan fingerprint density at radius 1 is 1.07 bits per heavy atom. The van der Waals surface area contributed by atoms with Gasteiger partial charge in [0.2, 0.25) is 5.91 Å². The first-order valence-electron chi connectivity index (χ1n) is 8.86. The van der Waals surface area contributed by atoms with Gasteiger partial charge in [0.25, 0.3) is 5.91 Å². The maximum Gasteiger partial charge on any atom is 0.355 e. The molecule has 2 heterocycles. The summed E-state index contributed by atoms with van der Waals surface area (Å²) in [4.78, 5) is 40.0. The number of imide groups is 1. The lowest BCUT2D eigenvalue weighted by Gasteiger charge is -2.22. The quantitative estimate of drug-likeness (QED) is 0.499. The zero-order valence-corrected chi connectivity index (χ0v) is 17.6. The van der Waals surface area contributed by atoms with Crippen molar-refractivity contribution in [3.05, 3.63) is 58.0 Å². The molecule has 0 aliphatic carbocycles. The molecule has 29 heavy (non-hydrogen) atoms. The highest BCUT2D eigenvalue weighted by Gasteiger charge is 2.59. The zero-order valence-electron chi connectivity index (χ0n) is 15.2. The summed E-state index contributed by atoms with van der Waals surface area (Å²) >= 11 is 9.29. The van der Waals surface area contributed by atoms with E-state index >= 15 is 0 Å². The van der Waals surface area contributed by atoms with Crippen molar-refractivity contribution < 1.29 is 19.1 Å². The van der Waals surface area contributed by atoms with Crippen molar-refractivity contribution in [1.82, 2.24) is 0 Å². The van der Waals surface area contributed by atoms with E-state index in [0.29, 0.717) is 16.4 Å². The number of hydrogen-bond donors (Lipinski definition) is 0. The van der Waals surface area contributed by atoms with Crippen LogP contribution in [0.4, 0.5) is 11.4 Å². The second-order valence-corrected chi connectivity index (χ2v) is 7.79. The molecule has 0 unspecified atom stereocenters. The van der Waals surface area contributed by atoms with Crippen LogP contribution < -0.4 is 9.91 Å². The summed E-state index contributed by atoms with van der Waals surface area (Å²) in [6.07, 6.45) is 0. The van der Waals surface area contributed by atoms with Crippen LogP contribution in [0, 0.1) is 5.92 Å². The lowest BCUT2D eigenvalue weighted by Crippen LogP contribution is -2.39. The van der Waals surface area contributed by atoms with E-state index in [1.54, 1.807) is 55.5 Å². The molecule has 7 nitrogen and oxygen atoms in total. The minimum absolute atomic E-state index is 0.0745. The SMILES string of the molecule is CCOC(=O)C1=NN(c2ccc(Br)cc2)[C@H]2C(=O)N(c3ccc(Cl)cc3)C(=O)[C@@H]12. The predicted molar refractivity (Wildman–Crippen MR) is 112 cm³/mol. The molecule has 0 spiro atoms. The van der Waals surface area contributed by atoms with Crippen LogP contribution in [0.5, 0.6) is 0 Å². The maximum atomic E-state index is 13.3. The van der Waals surface area contributed by atoms with Crippen LogP contribution in [-0.4, -0.2) is 36.1 Å². The van der Waals surface area contributed by atoms with Crippen molar-refractivity contribution in [1.29, 1.82) is 0 Å². The fourth-order valence-electron chi connectivity index (χ4n) is 3.44. The minimum atomic E-state index is -1.04. The number of carbonyl (C=O) groups excluding carboxylic acids is 3. The first kappa shape index (κ1) is 19.6. The Morgan fingerprint density at radius 2 is 1.69 bits per heavy atom. The molecule has 4 rings (SSSR count). The molecule has 2 aromatic carbocycles. The first-order chi connectivity index (χ1) is 13.9. The van der Waals surface area contributed by atoms with Gasteiger partial charge in [0.1, 0.15) is 12.0 Å². The highest BCUT2D eigenvalue weighted by atomic mass is 79.9. The number of nitrogens with zero attached hydrogens (tertiary/aromatic N) is 3. The summed E-state index contributed by atoms with van der Waals surface area (Å²) in [5, 5.41) is 6.21. The Balaban J connectivity index is 1.78. The number of rotatable bonds is 4. The van der Waals surface area contributed by atoms with Crippen LogP contribution in [0.25, 0.3) is 0 Å². The number of ether oxygens (including phenoxy) is 1. The molecule has 9 heteroatoms. The van der Waals surface area contributed by atoms with Crippen LogP contribution in [0.2, 0.25) is 5.02 Å². The van der Waals surface area contributed by atoms with E-state index < -0.39 is 29.7 Å². The number of halogens is 2. The molecule has 148 valence electrons. The van der Waals surface area contributed by atoms with Crippen molar-refractivity contribution in [2.75, 3.05) is 16.5 Å². The monoisotopic (exact) mass is 475 g/mol. The van der Waals surface area contributed by atoms with Crippen molar-refractivity contribution in [3.63, 3.8) is 0 Å². The molecule has 0 aromatic heterocycles. The summed E-state index contributed by atoms with van der Waals surface area (Å²) in [6, 6.07) is 12.5. The Hall–Kier alpha value is -2.71. The molecular weight excluding hydrogens is 462 g/mol. The van der Waals surface area contributed by atoms with Crippen molar-refractivity contribution in [3.8, 4) is 0 Å². The van der Waals surface area contributed by atoms with Crippen LogP contribution in [0.3, 0.4) is 0 Å². The lowest BCUT2D eigenvalue weighted by molar-refractivity contribution is -0.136. The Bertz CT molecular complexity index is 1020. The third-order valence-corrected chi connectivity index (χ3v) is 5.49. The summed E-state index contributed by atoms with van der Waals surface area (Å²) in [5.41, 5.74) is 0.897. The topological polar surface area (TPSA) is 79.3 Å². The highest BCUT2D eigenvalue weighted by Crippen LogP contribution is 2.38. The zero-order chi connectivity index (χ0) is 20.7. The number of amides is 2. The highest BCUT2D eigenvalue weighted by molar-refractivity contribution is 9.10. The van der Waals surface area contributed by atoms with Crippen molar-refractivity contribution in [2.24, 2.45) is 11.0 Å². The maximum absolute atomic E-state index is 13.3. The van der Waals surface area contributed by atoms with Crippen LogP contribution >= 0.6 is 27.5 Å². The molecule has 0 saturated carbocycles. The van der Waals surface area contributed by atoms with Gasteiger partial charge in [0, 0.05) is 9.50 Å². The van der Waals surface area contributed by atoms with Gasteiger partial charge in [-0.1, -0.05) is 27.5 Å². The van der Waals surface area contributed by atoms with E-state index in [2.05, 4.69) is 21.0 Å². The number of benzene rings is 2. The number of fused-ring (bicyclic) bond motifs is 1. The average Bonchev–Trinajstić information content (AvgIpc) is 3.21. The van der Waals surface area contributed by atoms with Gasteiger partial charge in [-0.15, -0.1) is 0 Å². The Labute approximate surface area is 180 Å². The molecule has 0 N–H and O–H groups in total. The van der Waals surface area contributed by atoms with Gasteiger partial charge >= 0.3 is 5.97 Å². The van der Waals surface area contributed by atoms with E-state index in [1.807, 2.05) is 0 Å². The third-order valence-electron chi connectivity index (χ3n) is 4.71. The van der Waals surface area contributed by atoms with Gasteiger partial charge in [-0.2, -0.15) is 5.10 Å². The normalized spacial score (nSPS) is 20.7. The third kappa shape index (κ3) is 3.32. The number of esters is 1. The van der Waals surface area contributed by atoms with Gasteiger partial charge in [0.05, 0.1) is 18.0 Å². The van der Waals surface area contributed by atoms with Crippen molar-refractivity contribution >= 4 is 62.4 Å². The second-order valence-electron chi connectivity index (χ2n) is 6.44. The van der Waals surface area contributed by atoms with E-state index in [1.165, 1.54) is 5.01 Å². The molecule has 1 saturated heterocycles. The number of anilines is 2. The van der Waals surface area contributed by atoms with E-state index in [-0.39, 0.29) is 12.3 Å². The van der Waals surface area contributed by atoms with Crippen LogP contribution in [0.15, 0.2) is 58.1 Å². The Kier molecular flexibility index (Phi) is 5.14. The second kappa shape index (κ2) is 7.61. The number of hydrazone groups is 1. The smallest absolute Gasteiger partial charge is 0.355 e. The van der Waals surface area contributed by atoms with Crippen molar-refractivity contribution in [2.45, 2.75) is 13.0 Å². The molecule has 2 aliphatic rings. The molecule has 1 fully saturated rings. The largest absolute Gasteiger partial charge is 0.461 e. The molecule has 2 atom stereocenters. The van der Waals surface area contributed by atoms with Gasteiger partial charge in [-0.25, -0.2) is 9.69 Å². The van der Waals surface area contributed by atoms with Gasteiger partial charge in [-0.05, 0) is 55.5 Å². The van der Waals surface area contributed by atoms with Crippen LogP contribution in [0.1, 0.15) is 6.92 Å². The molecule has 2 amide bonds. The van der Waals surface area contributed by atoms with Gasteiger partial charge < -0.3 is 4.74 Å². The lowest BCUT2D eigenvalue weighted by atomic mass is 9.98. The molecular formula is C20H15BrClN3O4. The minimum Gasteiger partial charge on any atom is -0.461 e. The van der Waals surface area contributed by atoms with Crippen LogP contribution in [-0.2, 0) is 19.1 Å². The van der Waals surface area contributed by atoms with E-state index in [0.717, 1.165) is 9.37 Å². The first-order valence-corrected chi connectivity index (χ1v) is 10.0. The number of carbonyl (C=O) groups is 3. The molecule has 0 radical (unpaired) electrons.